The lowest BCUT2D eigenvalue weighted by Crippen LogP contribution is -2.21. The zero-order valence-corrected chi connectivity index (χ0v) is 17.7. The van der Waals surface area contributed by atoms with Crippen molar-refractivity contribution in [3.8, 4) is 0 Å². The Bertz CT molecular complexity index is 346. The van der Waals surface area contributed by atoms with E-state index in [4.69, 9.17) is 0 Å². The van der Waals surface area contributed by atoms with E-state index >= 15 is 0 Å². The van der Waals surface area contributed by atoms with E-state index in [1.165, 1.54) is 96.3 Å². The maximum atomic E-state index is 11.4. The van der Waals surface area contributed by atoms with E-state index in [1.807, 2.05) is 19.1 Å². The average molecular weight is 364 g/mol. The van der Waals surface area contributed by atoms with Crippen LogP contribution in [0.4, 0.5) is 0 Å². The van der Waals surface area contributed by atoms with Crippen molar-refractivity contribution >= 4 is 5.91 Å². The summed E-state index contributed by atoms with van der Waals surface area (Å²) in [6.45, 7) is 5.03. The van der Waals surface area contributed by atoms with Gasteiger partial charge in [0.25, 0.3) is 0 Å². The van der Waals surface area contributed by atoms with E-state index in [1.54, 1.807) is 12.2 Å². The summed E-state index contributed by atoms with van der Waals surface area (Å²) in [7, 11) is 0. The quantitative estimate of drug-likeness (QED) is 0.144. The number of hydrogen-bond donors (Lipinski definition) is 1. The Morgan fingerprint density at radius 2 is 1.08 bits per heavy atom. The van der Waals surface area contributed by atoms with Crippen molar-refractivity contribution < 1.29 is 4.79 Å². The standard InChI is InChI=1S/C24H45NO/c1-3-5-7-8-9-10-11-12-13-14-15-16-17-18-19-21-23-25-24(26)22-20-6-4-2/h4,6,20,22H,3,5,7-19,21,23H2,1-2H3,(H,25,26)/b6-4+,22-20+. The smallest absolute Gasteiger partial charge is 0.243 e. The van der Waals surface area contributed by atoms with E-state index in [0.29, 0.717) is 0 Å². The van der Waals surface area contributed by atoms with Gasteiger partial charge in [-0.25, -0.2) is 0 Å². The molecule has 2 heteroatoms. The van der Waals surface area contributed by atoms with Crippen molar-refractivity contribution in [3.63, 3.8) is 0 Å². The van der Waals surface area contributed by atoms with Crippen LogP contribution in [0, 0.1) is 0 Å². The zero-order valence-electron chi connectivity index (χ0n) is 17.7. The van der Waals surface area contributed by atoms with Crippen molar-refractivity contribution in [1.29, 1.82) is 0 Å². The first-order valence-electron chi connectivity index (χ1n) is 11.4. The van der Waals surface area contributed by atoms with Crippen LogP contribution in [0.15, 0.2) is 24.3 Å². The number of amides is 1. The van der Waals surface area contributed by atoms with Gasteiger partial charge in [0, 0.05) is 12.6 Å². The summed E-state index contributed by atoms with van der Waals surface area (Å²) in [6, 6.07) is 0. The topological polar surface area (TPSA) is 29.1 Å². The molecule has 0 unspecified atom stereocenters. The summed E-state index contributed by atoms with van der Waals surface area (Å²) in [5, 5.41) is 2.93. The van der Waals surface area contributed by atoms with Gasteiger partial charge in [-0.2, -0.15) is 0 Å². The molecule has 26 heavy (non-hydrogen) atoms. The van der Waals surface area contributed by atoms with Gasteiger partial charge in [-0.15, -0.1) is 0 Å². The Morgan fingerprint density at radius 1 is 0.654 bits per heavy atom. The predicted molar refractivity (Wildman–Crippen MR) is 117 cm³/mol. The summed E-state index contributed by atoms with van der Waals surface area (Å²) < 4.78 is 0. The van der Waals surface area contributed by atoms with Crippen molar-refractivity contribution in [2.45, 2.75) is 117 Å². The van der Waals surface area contributed by atoms with Crippen LogP contribution >= 0.6 is 0 Å². The predicted octanol–water partition coefficient (Wildman–Crippen LogP) is 7.50. The van der Waals surface area contributed by atoms with E-state index in [-0.39, 0.29) is 5.91 Å². The Labute approximate surface area is 163 Å². The maximum absolute atomic E-state index is 11.4. The molecule has 0 aromatic heterocycles. The SMILES string of the molecule is C/C=C/C=C/C(=O)NCCCCCCCCCCCCCCCCCC. The van der Waals surface area contributed by atoms with Crippen LogP contribution in [0.5, 0.6) is 0 Å². The van der Waals surface area contributed by atoms with Crippen LogP contribution in [-0.4, -0.2) is 12.5 Å². The molecular weight excluding hydrogens is 318 g/mol. The fraction of sp³-hybridized carbons (Fsp3) is 0.792. The van der Waals surface area contributed by atoms with Gasteiger partial charge in [0.1, 0.15) is 0 Å². The van der Waals surface area contributed by atoms with E-state index in [9.17, 15) is 4.79 Å². The number of nitrogens with one attached hydrogen (secondary N) is 1. The first-order valence-corrected chi connectivity index (χ1v) is 11.4. The fourth-order valence-corrected chi connectivity index (χ4v) is 3.20. The number of allylic oxidation sites excluding steroid dienone is 3. The Morgan fingerprint density at radius 3 is 1.50 bits per heavy atom. The van der Waals surface area contributed by atoms with Crippen LogP contribution in [0.3, 0.4) is 0 Å². The summed E-state index contributed by atoms with van der Waals surface area (Å²) in [5.41, 5.74) is 0. The molecule has 1 N–H and O–H groups in total. The zero-order chi connectivity index (χ0) is 19.1. The van der Waals surface area contributed by atoms with Crippen LogP contribution in [0.1, 0.15) is 117 Å². The van der Waals surface area contributed by atoms with E-state index < -0.39 is 0 Å². The second kappa shape index (κ2) is 22.0. The highest BCUT2D eigenvalue weighted by molar-refractivity contribution is 5.87. The number of hydrogen-bond acceptors (Lipinski definition) is 1. The number of rotatable bonds is 19. The number of carbonyl (C=O) groups excluding carboxylic acids is 1. The van der Waals surface area contributed by atoms with Gasteiger partial charge >= 0.3 is 0 Å². The molecule has 152 valence electrons. The Kier molecular flexibility index (Phi) is 21.1. The largest absolute Gasteiger partial charge is 0.353 e. The Balaban J connectivity index is 3.12. The third-order valence-corrected chi connectivity index (χ3v) is 4.88. The summed E-state index contributed by atoms with van der Waals surface area (Å²) in [5.74, 6) is 0.0176. The second-order valence-electron chi connectivity index (χ2n) is 7.48. The highest BCUT2D eigenvalue weighted by Gasteiger charge is 1.96. The molecule has 2 nitrogen and oxygen atoms in total. The normalized spacial score (nSPS) is 11.6. The molecule has 0 saturated heterocycles. The Hall–Kier alpha value is -1.05. The van der Waals surface area contributed by atoms with Gasteiger partial charge in [-0.1, -0.05) is 121 Å². The van der Waals surface area contributed by atoms with Gasteiger partial charge in [0.15, 0.2) is 0 Å². The fourth-order valence-electron chi connectivity index (χ4n) is 3.20. The van der Waals surface area contributed by atoms with Crippen molar-refractivity contribution in [2.24, 2.45) is 0 Å². The summed E-state index contributed by atoms with van der Waals surface area (Å²) >= 11 is 0. The van der Waals surface area contributed by atoms with Crippen LogP contribution in [0.2, 0.25) is 0 Å². The van der Waals surface area contributed by atoms with E-state index in [2.05, 4.69) is 12.2 Å². The molecule has 0 aliphatic carbocycles. The monoisotopic (exact) mass is 363 g/mol. The minimum absolute atomic E-state index is 0.0176. The molecule has 0 aliphatic heterocycles. The highest BCUT2D eigenvalue weighted by atomic mass is 16.1. The van der Waals surface area contributed by atoms with Crippen LogP contribution in [0.25, 0.3) is 0 Å². The van der Waals surface area contributed by atoms with Crippen molar-refractivity contribution in [2.75, 3.05) is 6.54 Å². The lowest BCUT2D eigenvalue weighted by Gasteiger charge is -2.04. The molecule has 0 aromatic carbocycles. The molecule has 0 aliphatic rings. The number of unbranched alkanes of at least 4 members (excludes halogenated alkanes) is 15. The first-order chi connectivity index (χ1) is 12.8. The average Bonchev–Trinajstić information content (AvgIpc) is 2.64. The minimum Gasteiger partial charge on any atom is -0.353 e. The third kappa shape index (κ3) is 21.0. The van der Waals surface area contributed by atoms with Crippen molar-refractivity contribution in [1.82, 2.24) is 5.32 Å². The molecule has 0 spiro atoms. The van der Waals surface area contributed by atoms with Crippen molar-refractivity contribution in [3.05, 3.63) is 24.3 Å². The van der Waals surface area contributed by atoms with E-state index in [0.717, 1.165) is 13.0 Å². The lowest BCUT2D eigenvalue weighted by atomic mass is 10.0. The van der Waals surface area contributed by atoms with Gasteiger partial charge in [-0.05, 0) is 13.3 Å². The third-order valence-electron chi connectivity index (χ3n) is 4.88. The molecule has 0 atom stereocenters. The van der Waals surface area contributed by atoms with Crippen LogP contribution < -0.4 is 5.32 Å². The summed E-state index contributed by atoms with van der Waals surface area (Å²) in [4.78, 5) is 11.4. The molecule has 0 heterocycles. The number of carbonyl (C=O) groups is 1. The first kappa shape index (κ1) is 24.9. The minimum atomic E-state index is 0.0176. The lowest BCUT2D eigenvalue weighted by molar-refractivity contribution is -0.116. The molecule has 0 radical (unpaired) electrons. The highest BCUT2D eigenvalue weighted by Crippen LogP contribution is 2.13. The molecule has 0 bridgehead atoms. The van der Waals surface area contributed by atoms with Gasteiger partial charge in [0.2, 0.25) is 5.91 Å². The maximum Gasteiger partial charge on any atom is 0.243 e. The van der Waals surface area contributed by atoms with Gasteiger partial charge in [0.05, 0.1) is 0 Å². The molecule has 1 amide bonds. The summed E-state index contributed by atoms with van der Waals surface area (Å²) in [6.07, 6.45) is 29.2. The van der Waals surface area contributed by atoms with Crippen LogP contribution in [-0.2, 0) is 4.79 Å². The molecule has 0 rings (SSSR count). The molecule has 0 aromatic rings. The molecular formula is C24H45NO. The molecule has 0 saturated carbocycles. The van der Waals surface area contributed by atoms with Gasteiger partial charge in [-0.3, -0.25) is 4.79 Å². The molecule has 0 fully saturated rings. The second-order valence-corrected chi connectivity index (χ2v) is 7.48. The van der Waals surface area contributed by atoms with Gasteiger partial charge < -0.3 is 5.32 Å².